The summed E-state index contributed by atoms with van der Waals surface area (Å²) in [5.41, 5.74) is 1.32. The van der Waals surface area contributed by atoms with Gasteiger partial charge in [-0.3, -0.25) is 0 Å². The Morgan fingerprint density at radius 2 is 1.81 bits per heavy atom. The molecule has 0 saturated carbocycles. The Hall–Kier alpha value is -1.45. The molecule has 2 aromatic rings. The van der Waals surface area contributed by atoms with Gasteiger partial charge in [-0.1, -0.05) is 29.8 Å². The molecule has 0 radical (unpaired) electrons. The lowest BCUT2D eigenvalue weighted by Crippen LogP contribution is -1.98. The van der Waals surface area contributed by atoms with Gasteiger partial charge in [-0.2, -0.15) is 0 Å². The Bertz CT molecular complexity index is 661. The van der Waals surface area contributed by atoms with E-state index in [4.69, 9.17) is 32.7 Å². The molecule has 1 heterocycles. The van der Waals surface area contributed by atoms with E-state index in [0.29, 0.717) is 30.3 Å². The number of ether oxygens (including phenoxy) is 2. The summed E-state index contributed by atoms with van der Waals surface area (Å²) < 4.78 is 24.8. The van der Waals surface area contributed by atoms with Gasteiger partial charge in [-0.05, 0) is 29.3 Å². The van der Waals surface area contributed by atoms with E-state index >= 15 is 0 Å². The number of halogens is 3. The molecule has 3 rings (SSSR count). The summed E-state index contributed by atoms with van der Waals surface area (Å²) in [5.74, 6) is 0.878. The van der Waals surface area contributed by atoms with E-state index in [1.54, 1.807) is 12.1 Å². The normalized spacial score (nSPS) is 15.4. The molecule has 0 saturated heterocycles. The van der Waals surface area contributed by atoms with Gasteiger partial charge in [0.25, 0.3) is 0 Å². The third-order valence-corrected chi connectivity index (χ3v) is 4.20. The van der Waals surface area contributed by atoms with Crippen molar-refractivity contribution in [1.82, 2.24) is 0 Å². The molecule has 5 heteroatoms. The maximum atomic E-state index is 13.5. The Balaban J connectivity index is 1.96. The second kappa shape index (κ2) is 6.12. The minimum atomic E-state index is -0.551. The summed E-state index contributed by atoms with van der Waals surface area (Å²) in [5, 5.41) is -0.505. The molecule has 0 amide bonds. The first-order chi connectivity index (χ1) is 10.2. The molecule has 0 bridgehead atoms. The molecule has 0 N–H and O–H groups in total. The predicted octanol–water partition coefficient (Wildman–Crippen LogP) is 4.97. The van der Waals surface area contributed by atoms with Crippen LogP contribution in [0.25, 0.3) is 0 Å². The molecule has 1 aliphatic rings. The highest BCUT2D eigenvalue weighted by Crippen LogP contribution is 2.39. The van der Waals surface area contributed by atoms with Crippen molar-refractivity contribution in [2.45, 2.75) is 11.8 Å². The first-order valence-corrected chi connectivity index (χ1v) is 7.46. The topological polar surface area (TPSA) is 18.5 Å². The van der Waals surface area contributed by atoms with Gasteiger partial charge in [0.05, 0.1) is 23.6 Å². The highest BCUT2D eigenvalue weighted by atomic mass is 35.5. The zero-order valence-corrected chi connectivity index (χ0v) is 12.6. The molecule has 0 spiro atoms. The summed E-state index contributed by atoms with van der Waals surface area (Å²) in [4.78, 5) is 0. The predicted molar refractivity (Wildman–Crippen MR) is 81.2 cm³/mol. The van der Waals surface area contributed by atoms with E-state index in [9.17, 15) is 4.39 Å². The number of hydrogen-bond donors (Lipinski definition) is 0. The van der Waals surface area contributed by atoms with Crippen molar-refractivity contribution in [3.8, 4) is 11.5 Å². The van der Waals surface area contributed by atoms with Gasteiger partial charge in [-0.15, -0.1) is 11.6 Å². The van der Waals surface area contributed by atoms with Crippen molar-refractivity contribution < 1.29 is 13.9 Å². The van der Waals surface area contributed by atoms with Crippen LogP contribution < -0.4 is 9.47 Å². The molecular weight excluding hydrogens is 314 g/mol. The van der Waals surface area contributed by atoms with Crippen LogP contribution in [0.5, 0.6) is 11.5 Å². The average molecular weight is 327 g/mol. The van der Waals surface area contributed by atoms with Crippen LogP contribution in [0.4, 0.5) is 4.39 Å². The minimum Gasteiger partial charge on any atom is -0.490 e. The van der Waals surface area contributed by atoms with Gasteiger partial charge >= 0.3 is 0 Å². The number of benzene rings is 2. The van der Waals surface area contributed by atoms with Crippen LogP contribution in [0, 0.1) is 5.82 Å². The molecule has 1 unspecified atom stereocenters. The molecule has 0 fully saturated rings. The van der Waals surface area contributed by atoms with Crippen molar-refractivity contribution in [1.29, 1.82) is 0 Å². The molecule has 110 valence electrons. The average Bonchev–Trinajstić information content (AvgIpc) is 2.74. The van der Waals surface area contributed by atoms with E-state index < -0.39 is 11.2 Å². The Kier molecular flexibility index (Phi) is 4.22. The molecular formula is C16H13Cl2FO2. The third-order valence-electron chi connectivity index (χ3n) is 3.32. The van der Waals surface area contributed by atoms with Crippen molar-refractivity contribution in [3.63, 3.8) is 0 Å². The van der Waals surface area contributed by atoms with Crippen LogP contribution in [0.2, 0.25) is 5.02 Å². The summed E-state index contributed by atoms with van der Waals surface area (Å²) in [6.45, 7) is 1.23. The lowest BCUT2D eigenvalue weighted by molar-refractivity contribution is 0.297. The van der Waals surface area contributed by atoms with E-state index in [1.807, 2.05) is 18.2 Å². The van der Waals surface area contributed by atoms with Gasteiger partial charge in [0, 0.05) is 6.42 Å². The van der Waals surface area contributed by atoms with Crippen LogP contribution in [0.1, 0.15) is 22.9 Å². The quantitative estimate of drug-likeness (QED) is 0.725. The monoisotopic (exact) mass is 326 g/mol. The maximum absolute atomic E-state index is 13.5. The molecule has 1 atom stereocenters. The molecule has 0 aromatic heterocycles. The summed E-state index contributed by atoms with van der Waals surface area (Å²) in [6, 6.07) is 10.1. The molecule has 21 heavy (non-hydrogen) atoms. The van der Waals surface area contributed by atoms with Crippen LogP contribution in [0.15, 0.2) is 36.4 Å². The lowest BCUT2D eigenvalue weighted by Gasteiger charge is -2.15. The van der Waals surface area contributed by atoms with Crippen LogP contribution in [-0.4, -0.2) is 13.2 Å². The standard InChI is InChI=1S/C16H13Cl2FO2/c17-15(11-3-1-4-12(19)16(11)18)10-5-6-13-14(9-10)21-8-2-7-20-13/h1,3-6,9,15H,2,7-8H2. The second-order valence-corrected chi connectivity index (χ2v) is 5.58. The van der Waals surface area contributed by atoms with E-state index in [2.05, 4.69) is 0 Å². The molecule has 0 aliphatic carbocycles. The fourth-order valence-electron chi connectivity index (χ4n) is 2.23. The van der Waals surface area contributed by atoms with E-state index in [1.165, 1.54) is 6.07 Å². The van der Waals surface area contributed by atoms with E-state index in [0.717, 1.165) is 12.0 Å². The Labute approximate surface area is 132 Å². The minimum absolute atomic E-state index is 0.0459. The van der Waals surface area contributed by atoms with Crippen molar-refractivity contribution in [2.75, 3.05) is 13.2 Å². The second-order valence-electron chi connectivity index (χ2n) is 4.76. The Morgan fingerprint density at radius 1 is 1.05 bits per heavy atom. The first-order valence-electron chi connectivity index (χ1n) is 6.64. The van der Waals surface area contributed by atoms with Gasteiger partial charge in [0.15, 0.2) is 11.5 Å². The number of alkyl halides is 1. The van der Waals surface area contributed by atoms with Crippen molar-refractivity contribution in [3.05, 3.63) is 58.4 Å². The zero-order chi connectivity index (χ0) is 14.8. The van der Waals surface area contributed by atoms with Crippen LogP contribution >= 0.6 is 23.2 Å². The fourth-order valence-corrected chi connectivity index (χ4v) is 2.84. The van der Waals surface area contributed by atoms with Gasteiger partial charge < -0.3 is 9.47 Å². The van der Waals surface area contributed by atoms with Crippen molar-refractivity contribution >= 4 is 23.2 Å². The van der Waals surface area contributed by atoms with Crippen LogP contribution in [-0.2, 0) is 0 Å². The summed E-state index contributed by atoms with van der Waals surface area (Å²) in [7, 11) is 0. The van der Waals surface area contributed by atoms with Crippen LogP contribution in [0.3, 0.4) is 0 Å². The highest BCUT2D eigenvalue weighted by molar-refractivity contribution is 6.33. The molecule has 2 aromatic carbocycles. The maximum Gasteiger partial charge on any atom is 0.161 e. The zero-order valence-electron chi connectivity index (χ0n) is 11.1. The van der Waals surface area contributed by atoms with E-state index in [-0.39, 0.29) is 5.02 Å². The number of fused-ring (bicyclic) bond motifs is 1. The number of hydrogen-bond acceptors (Lipinski definition) is 2. The summed E-state index contributed by atoms with van der Waals surface area (Å²) in [6.07, 6.45) is 0.837. The first kappa shape index (κ1) is 14.5. The van der Waals surface area contributed by atoms with Gasteiger partial charge in [0.1, 0.15) is 5.82 Å². The number of rotatable bonds is 2. The smallest absolute Gasteiger partial charge is 0.161 e. The third kappa shape index (κ3) is 2.94. The van der Waals surface area contributed by atoms with Gasteiger partial charge in [0.2, 0.25) is 0 Å². The van der Waals surface area contributed by atoms with Crippen molar-refractivity contribution in [2.24, 2.45) is 0 Å². The lowest BCUT2D eigenvalue weighted by atomic mass is 10.0. The van der Waals surface area contributed by atoms with Gasteiger partial charge in [-0.25, -0.2) is 4.39 Å². The molecule has 2 nitrogen and oxygen atoms in total. The fraction of sp³-hybridized carbons (Fsp3) is 0.250. The SMILES string of the molecule is Fc1cccc(C(Cl)c2ccc3c(c2)OCCCO3)c1Cl. The summed E-state index contributed by atoms with van der Waals surface area (Å²) >= 11 is 12.4. The largest absolute Gasteiger partial charge is 0.490 e. The Morgan fingerprint density at radius 3 is 2.62 bits per heavy atom. The highest BCUT2D eigenvalue weighted by Gasteiger charge is 2.19. The molecule has 1 aliphatic heterocycles.